The van der Waals surface area contributed by atoms with Crippen molar-refractivity contribution < 1.29 is 19.4 Å². The Labute approximate surface area is 143 Å². The monoisotopic (exact) mass is 328 g/mol. The molecule has 0 saturated heterocycles. The molecule has 4 heteroatoms. The third-order valence-corrected chi connectivity index (χ3v) is 3.82. The van der Waals surface area contributed by atoms with Crippen LogP contribution in [0.2, 0.25) is 0 Å². The van der Waals surface area contributed by atoms with Crippen LogP contribution < -0.4 is 9.47 Å². The third-order valence-electron chi connectivity index (χ3n) is 3.82. The molecule has 128 valence electrons. The van der Waals surface area contributed by atoms with Crippen LogP contribution in [0.5, 0.6) is 11.5 Å². The lowest BCUT2D eigenvalue weighted by Gasteiger charge is -2.24. The lowest BCUT2D eigenvalue weighted by Crippen LogP contribution is -2.30. The second kappa shape index (κ2) is 7.39. The predicted octanol–water partition coefficient (Wildman–Crippen LogP) is 4.07. The quantitative estimate of drug-likeness (QED) is 0.868. The van der Waals surface area contributed by atoms with Crippen molar-refractivity contribution in [1.29, 1.82) is 0 Å². The summed E-state index contributed by atoms with van der Waals surface area (Å²) in [5.41, 5.74) is 1.75. The van der Waals surface area contributed by atoms with Gasteiger partial charge in [-0.25, -0.2) is 4.79 Å². The molecule has 0 heterocycles. The number of methoxy groups -OCH3 is 1. The number of carboxylic acid groups (broad SMARTS) is 1. The van der Waals surface area contributed by atoms with Gasteiger partial charge in [0.05, 0.1) is 7.11 Å². The molecule has 1 N–H and O–H groups in total. The smallest absolute Gasteiger partial charge is 0.345 e. The summed E-state index contributed by atoms with van der Waals surface area (Å²) in [5, 5.41) is 9.54. The van der Waals surface area contributed by atoms with E-state index in [0.29, 0.717) is 5.75 Å². The Hall–Kier alpha value is -2.49. The minimum Gasteiger partial charge on any atom is -0.497 e. The second-order valence-electron chi connectivity index (χ2n) is 6.74. The first-order valence-corrected chi connectivity index (χ1v) is 7.93. The van der Waals surface area contributed by atoms with Crippen molar-refractivity contribution in [2.75, 3.05) is 7.11 Å². The summed E-state index contributed by atoms with van der Waals surface area (Å²) in [6, 6.07) is 14.9. The van der Waals surface area contributed by atoms with Crippen LogP contribution in [0.3, 0.4) is 0 Å². The van der Waals surface area contributed by atoms with E-state index in [-0.39, 0.29) is 11.8 Å². The van der Waals surface area contributed by atoms with Crippen LogP contribution in [0.25, 0.3) is 0 Å². The van der Waals surface area contributed by atoms with Crippen molar-refractivity contribution >= 4 is 5.97 Å². The molecule has 0 radical (unpaired) electrons. The highest BCUT2D eigenvalue weighted by molar-refractivity contribution is 5.73. The zero-order valence-corrected chi connectivity index (χ0v) is 14.6. The number of hydrogen-bond acceptors (Lipinski definition) is 3. The van der Waals surface area contributed by atoms with E-state index in [1.807, 2.05) is 48.5 Å². The zero-order chi connectivity index (χ0) is 17.7. The van der Waals surface area contributed by atoms with E-state index in [1.54, 1.807) is 7.11 Å². The van der Waals surface area contributed by atoms with Crippen molar-refractivity contribution in [2.45, 2.75) is 38.7 Å². The van der Waals surface area contributed by atoms with Crippen molar-refractivity contribution in [3.8, 4) is 11.5 Å². The summed E-state index contributed by atoms with van der Waals surface area (Å²) in [4.78, 5) is 11.6. The van der Waals surface area contributed by atoms with E-state index in [1.165, 1.54) is 0 Å². The molecule has 2 aromatic carbocycles. The fourth-order valence-corrected chi connectivity index (χ4v) is 2.50. The molecule has 4 nitrogen and oxygen atoms in total. The number of carboxylic acids is 1. The normalized spacial score (nSPS) is 12.5. The number of para-hydroxylation sites is 1. The van der Waals surface area contributed by atoms with Gasteiger partial charge in [-0.15, -0.1) is 0 Å². The lowest BCUT2D eigenvalue weighted by molar-refractivity contribution is -0.145. The Morgan fingerprint density at radius 3 is 2.25 bits per heavy atom. The topological polar surface area (TPSA) is 55.8 Å². The fraction of sp³-hybridized carbons (Fsp3) is 0.350. The van der Waals surface area contributed by atoms with E-state index in [0.717, 1.165) is 16.9 Å². The Kier molecular flexibility index (Phi) is 5.50. The minimum absolute atomic E-state index is 0.125. The third kappa shape index (κ3) is 4.51. The Balaban J connectivity index is 2.22. The number of aliphatic carboxylic acids is 1. The molecule has 0 aromatic heterocycles. The number of carbonyl (C=O) groups is 1. The Morgan fingerprint density at radius 1 is 1.08 bits per heavy atom. The molecule has 0 unspecified atom stereocenters. The fourth-order valence-electron chi connectivity index (χ4n) is 2.50. The van der Waals surface area contributed by atoms with Crippen LogP contribution in [0.1, 0.15) is 31.9 Å². The number of ether oxygens (including phenoxy) is 2. The predicted molar refractivity (Wildman–Crippen MR) is 93.9 cm³/mol. The summed E-state index contributed by atoms with van der Waals surface area (Å²) >= 11 is 0. The molecule has 2 rings (SSSR count). The summed E-state index contributed by atoms with van der Waals surface area (Å²) in [5.74, 6) is 0.380. The number of rotatable bonds is 6. The average Bonchev–Trinajstić information content (AvgIpc) is 2.54. The molecule has 0 fully saturated rings. The van der Waals surface area contributed by atoms with Gasteiger partial charge in [0.15, 0.2) is 6.10 Å². The second-order valence-corrected chi connectivity index (χ2v) is 6.74. The van der Waals surface area contributed by atoms with Gasteiger partial charge < -0.3 is 14.6 Å². The van der Waals surface area contributed by atoms with Crippen LogP contribution in [0.15, 0.2) is 48.5 Å². The van der Waals surface area contributed by atoms with Gasteiger partial charge in [0, 0.05) is 6.42 Å². The van der Waals surface area contributed by atoms with Gasteiger partial charge in [-0.1, -0.05) is 51.1 Å². The molecule has 2 aromatic rings. The van der Waals surface area contributed by atoms with Gasteiger partial charge >= 0.3 is 5.97 Å². The summed E-state index contributed by atoms with van der Waals surface area (Å²) in [7, 11) is 1.60. The largest absolute Gasteiger partial charge is 0.497 e. The highest BCUT2D eigenvalue weighted by atomic mass is 16.5. The van der Waals surface area contributed by atoms with Crippen LogP contribution >= 0.6 is 0 Å². The first kappa shape index (κ1) is 17.9. The maximum absolute atomic E-state index is 11.6. The molecule has 24 heavy (non-hydrogen) atoms. The van der Waals surface area contributed by atoms with Gasteiger partial charge in [-0.2, -0.15) is 0 Å². The molecule has 1 atom stereocenters. The number of hydrogen-bond donors (Lipinski definition) is 1. The maximum atomic E-state index is 11.6. The van der Waals surface area contributed by atoms with E-state index in [4.69, 9.17) is 9.47 Å². The standard InChI is InChI=1S/C20H24O4/c1-20(2,3)16-7-5-6-8-17(16)24-18(19(21)22)13-14-9-11-15(23-4)12-10-14/h5-12,18H,13H2,1-4H3,(H,21,22)/t18-/m0/s1. The van der Waals surface area contributed by atoms with Gasteiger partial charge in [-0.3, -0.25) is 0 Å². The average molecular weight is 328 g/mol. The van der Waals surface area contributed by atoms with E-state index < -0.39 is 12.1 Å². The van der Waals surface area contributed by atoms with Gasteiger partial charge in [0.25, 0.3) is 0 Å². The van der Waals surface area contributed by atoms with E-state index in [2.05, 4.69) is 20.8 Å². The molecule has 0 spiro atoms. The highest BCUT2D eigenvalue weighted by Crippen LogP contribution is 2.32. The van der Waals surface area contributed by atoms with Gasteiger partial charge in [0.1, 0.15) is 11.5 Å². The molecule has 0 aliphatic rings. The minimum atomic E-state index is -0.977. The van der Waals surface area contributed by atoms with Crippen molar-refractivity contribution in [2.24, 2.45) is 0 Å². The summed E-state index contributed by atoms with van der Waals surface area (Å²) in [6.45, 7) is 6.23. The highest BCUT2D eigenvalue weighted by Gasteiger charge is 2.24. The Morgan fingerprint density at radius 2 is 1.71 bits per heavy atom. The van der Waals surface area contributed by atoms with Gasteiger partial charge in [-0.05, 0) is 34.7 Å². The lowest BCUT2D eigenvalue weighted by atomic mass is 9.86. The Bertz CT molecular complexity index is 684. The van der Waals surface area contributed by atoms with Crippen molar-refractivity contribution in [3.05, 3.63) is 59.7 Å². The first-order chi connectivity index (χ1) is 11.3. The summed E-state index contributed by atoms with van der Waals surface area (Å²) in [6.07, 6.45) is -0.653. The van der Waals surface area contributed by atoms with Crippen LogP contribution in [0.4, 0.5) is 0 Å². The van der Waals surface area contributed by atoms with Crippen molar-refractivity contribution in [1.82, 2.24) is 0 Å². The molecule has 0 aliphatic heterocycles. The molecule has 0 bridgehead atoms. The maximum Gasteiger partial charge on any atom is 0.345 e. The first-order valence-electron chi connectivity index (χ1n) is 7.93. The molecular weight excluding hydrogens is 304 g/mol. The van der Waals surface area contributed by atoms with E-state index in [9.17, 15) is 9.90 Å². The molecule has 0 aliphatic carbocycles. The molecular formula is C20H24O4. The van der Waals surface area contributed by atoms with Crippen LogP contribution in [-0.2, 0) is 16.6 Å². The molecule has 0 saturated carbocycles. The van der Waals surface area contributed by atoms with Crippen molar-refractivity contribution in [3.63, 3.8) is 0 Å². The zero-order valence-electron chi connectivity index (χ0n) is 14.6. The van der Waals surface area contributed by atoms with Gasteiger partial charge in [0.2, 0.25) is 0 Å². The number of benzene rings is 2. The summed E-state index contributed by atoms with van der Waals surface area (Å²) < 4.78 is 11.0. The van der Waals surface area contributed by atoms with Crippen LogP contribution in [0, 0.1) is 0 Å². The van der Waals surface area contributed by atoms with E-state index >= 15 is 0 Å². The van der Waals surface area contributed by atoms with Crippen LogP contribution in [-0.4, -0.2) is 24.3 Å². The molecule has 0 amide bonds. The SMILES string of the molecule is COc1ccc(C[C@H](Oc2ccccc2C(C)(C)C)C(=O)O)cc1.